The van der Waals surface area contributed by atoms with Gasteiger partial charge in [-0.3, -0.25) is 9.59 Å². The van der Waals surface area contributed by atoms with E-state index in [1.165, 1.54) is 35.2 Å². The average Bonchev–Trinajstić information content (AvgIpc) is 2.93. The number of rotatable bonds is 7. The van der Waals surface area contributed by atoms with Crippen molar-refractivity contribution in [1.82, 2.24) is 9.66 Å². The van der Waals surface area contributed by atoms with E-state index in [1.54, 1.807) is 30.3 Å². The number of nitrogens with zero attached hydrogens (tertiary/aromatic N) is 3. The molecule has 0 aliphatic heterocycles. The predicted octanol–water partition coefficient (Wildman–Crippen LogP) is 6.52. The average molecular weight is 606 g/mol. The van der Waals surface area contributed by atoms with Gasteiger partial charge in [0.15, 0.2) is 12.4 Å². The zero-order chi connectivity index (χ0) is 27.4. The number of anilines is 1. The van der Waals surface area contributed by atoms with E-state index >= 15 is 0 Å². The van der Waals surface area contributed by atoms with Gasteiger partial charge in [-0.15, -0.1) is 0 Å². The molecule has 0 aliphatic carbocycles. The summed E-state index contributed by atoms with van der Waals surface area (Å²) in [4.78, 5) is 30.6. The Morgan fingerprint density at radius 3 is 2.54 bits per heavy atom. The van der Waals surface area contributed by atoms with Crippen molar-refractivity contribution in [3.63, 3.8) is 0 Å². The van der Waals surface area contributed by atoms with Crippen LogP contribution in [0.4, 0.5) is 10.1 Å². The Labute approximate surface area is 235 Å². The van der Waals surface area contributed by atoms with Gasteiger partial charge in [0.1, 0.15) is 11.6 Å². The Morgan fingerprint density at radius 2 is 1.77 bits per heavy atom. The third-order valence-corrected chi connectivity index (χ3v) is 6.42. The summed E-state index contributed by atoms with van der Waals surface area (Å²) >= 11 is 9.71. The van der Waals surface area contributed by atoms with Gasteiger partial charge in [-0.2, -0.15) is 9.78 Å². The smallest absolute Gasteiger partial charge is 0.282 e. The lowest BCUT2D eigenvalue weighted by molar-refractivity contribution is -0.118. The lowest BCUT2D eigenvalue weighted by Crippen LogP contribution is -2.21. The summed E-state index contributed by atoms with van der Waals surface area (Å²) < 4.78 is 20.6. The minimum atomic E-state index is -0.451. The van der Waals surface area contributed by atoms with E-state index in [4.69, 9.17) is 16.3 Å². The molecule has 0 aliphatic rings. The van der Waals surface area contributed by atoms with Gasteiger partial charge in [-0.05, 0) is 64.5 Å². The molecule has 0 unspecified atom stereocenters. The number of nitrogens with one attached hydrogen (secondary N) is 1. The summed E-state index contributed by atoms with van der Waals surface area (Å²) in [5.41, 5.74) is 1.76. The van der Waals surface area contributed by atoms with E-state index in [-0.39, 0.29) is 12.2 Å². The molecule has 0 bridgehead atoms. The topological polar surface area (TPSA) is 85.6 Å². The van der Waals surface area contributed by atoms with Crippen LogP contribution in [0.1, 0.15) is 5.56 Å². The lowest BCUT2D eigenvalue weighted by Gasteiger charge is -2.13. The van der Waals surface area contributed by atoms with Crippen LogP contribution in [-0.4, -0.2) is 28.4 Å². The fourth-order valence-electron chi connectivity index (χ4n) is 3.82. The summed E-state index contributed by atoms with van der Waals surface area (Å²) in [7, 11) is 0. The number of hydrogen-bond donors (Lipinski definition) is 1. The van der Waals surface area contributed by atoms with Crippen molar-refractivity contribution in [2.45, 2.75) is 0 Å². The van der Waals surface area contributed by atoms with Crippen molar-refractivity contribution in [2.75, 3.05) is 11.9 Å². The molecule has 5 aromatic rings. The van der Waals surface area contributed by atoms with Gasteiger partial charge in [-0.1, -0.05) is 54.1 Å². The van der Waals surface area contributed by atoms with Crippen LogP contribution in [0.15, 0.2) is 105 Å². The van der Waals surface area contributed by atoms with Gasteiger partial charge in [0.25, 0.3) is 11.5 Å². The van der Waals surface area contributed by atoms with Gasteiger partial charge < -0.3 is 10.1 Å². The fourth-order valence-corrected chi connectivity index (χ4v) is 4.77. The van der Waals surface area contributed by atoms with Crippen LogP contribution in [0.5, 0.6) is 5.75 Å². The highest BCUT2D eigenvalue weighted by molar-refractivity contribution is 9.10. The Hall–Kier alpha value is -4.34. The number of carbonyl (C=O) groups excluding carboxylic acids is 1. The van der Waals surface area contributed by atoms with Gasteiger partial charge in [0.05, 0.1) is 21.6 Å². The highest BCUT2D eigenvalue weighted by atomic mass is 79.9. The summed E-state index contributed by atoms with van der Waals surface area (Å²) in [5, 5.41) is 7.91. The molecule has 39 heavy (non-hydrogen) atoms. The molecular formula is C29H19BrClFN4O3. The summed E-state index contributed by atoms with van der Waals surface area (Å²) in [6, 6.07) is 24.9. The Morgan fingerprint density at radius 1 is 1.05 bits per heavy atom. The third-order valence-electron chi connectivity index (χ3n) is 5.61. The van der Waals surface area contributed by atoms with Crippen molar-refractivity contribution < 1.29 is 13.9 Å². The molecule has 0 fully saturated rings. The molecule has 5 rings (SSSR count). The molecule has 1 amide bonds. The van der Waals surface area contributed by atoms with E-state index in [0.717, 1.165) is 0 Å². The van der Waals surface area contributed by atoms with Crippen molar-refractivity contribution in [2.24, 2.45) is 5.10 Å². The van der Waals surface area contributed by atoms with E-state index < -0.39 is 11.7 Å². The van der Waals surface area contributed by atoms with Gasteiger partial charge in [0.2, 0.25) is 0 Å². The molecule has 1 heterocycles. The van der Waals surface area contributed by atoms with Crippen LogP contribution < -0.4 is 15.6 Å². The number of carbonyl (C=O) groups is 1. The third kappa shape index (κ3) is 6.05. The number of ether oxygens (including phenoxy) is 1. The molecule has 194 valence electrons. The largest absolute Gasteiger partial charge is 0.482 e. The first-order valence-corrected chi connectivity index (χ1v) is 12.8. The van der Waals surface area contributed by atoms with Crippen LogP contribution in [0.2, 0.25) is 5.02 Å². The molecule has 7 nitrogen and oxygen atoms in total. The fraction of sp³-hybridized carbons (Fsp3) is 0.0345. The summed E-state index contributed by atoms with van der Waals surface area (Å²) in [6.07, 6.45) is 1.42. The second-order valence-corrected chi connectivity index (χ2v) is 9.62. The number of benzene rings is 4. The highest BCUT2D eigenvalue weighted by Gasteiger charge is 2.15. The van der Waals surface area contributed by atoms with Crippen LogP contribution in [0, 0.1) is 5.82 Å². The molecule has 1 aromatic heterocycles. The molecule has 0 saturated heterocycles. The van der Waals surface area contributed by atoms with Crippen molar-refractivity contribution in [3.05, 3.63) is 122 Å². The van der Waals surface area contributed by atoms with E-state index in [2.05, 4.69) is 31.3 Å². The second kappa shape index (κ2) is 11.6. The van der Waals surface area contributed by atoms with E-state index in [1.807, 2.05) is 36.4 Å². The monoisotopic (exact) mass is 604 g/mol. The molecule has 4 aromatic carbocycles. The van der Waals surface area contributed by atoms with Crippen LogP contribution in [0.3, 0.4) is 0 Å². The lowest BCUT2D eigenvalue weighted by atomic mass is 10.2. The minimum Gasteiger partial charge on any atom is -0.482 e. The Bertz CT molecular complexity index is 1760. The maximum Gasteiger partial charge on any atom is 0.282 e. The van der Waals surface area contributed by atoms with Gasteiger partial charge >= 0.3 is 0 Å². The molecule has 0 radical (unpaired) electrons. The number of para-hydroxylation sites is 1. The summed E-state index contributed by atoms with van der Waals surface area (Å²) in [6.45, 7) is -0.342. The van der Waals surface area contributed by atoms with Crippen molar-refractivity contribution >= 4 is 56.2 Å². The number of aromatic nitrogens is 2. The van der Waals surface area contributed by atoms with Crippen LogP contribution >= 0.6 is 27.5 Å². The Balaban J connectivity index is 1.49. The molecule has 1 N–H and O–H groups in total. The Kier molecular flexibility index (Phi) is 7.81. The van der Waals surface area contributed by atoms with Gasteiger partial charge in [-0.25, -0.2) is 9.37 Å². The van der Waals surface area contributed by atoms with Crippen LogP contribution in [0.25, 0.3) is 22.3 Å². The second-order valence-electron chi connectivity index (χ2n) is 8.33. The SMILES string of the molecule is O=C(COc1c(Br)cc(Cl)cc1C=Nn1c(-c2ccccc2)nc2ccccc2c1=O)Nc1ccc(F)cc1. The number of fused-ring (bicyclic) bond motifs is 1. The molecular weight excluding hydrogens is 587 g/mol. The zero-order valence-corrected chi connectivity index (χ0v) is 22.5. The number of amides is 1. The van der Waals surface area contributed by atoms with Crippen LogP contribution in [-0.2, 0) is 4.79 Å². The van der Waals surface area contributed by atoms with E-state index in [9.17, 15) is 14.0 Å². The highest BCUT2D eigenvalue weighted by Crippen LogP contribution is 2.32. The number of hydrogen-bond acceptors (Lipinski definition) is 5. The predicted molar refractivity (Wildman–Crippen MR) is 154 cm³/mol. The normalized spacial score (nSPS) is 11.2. The first-order valence-electron chi connectivity index (χ1n) is 11.7. The maximum atomic E-state index is 13.4. The first-order chi connectivity index (χ1) is 18.9. The first kappa shape index (κ1) is 26.3. The quantitative estimate of drug-likeness (QED) is 0.214. The standard InChI is InChI=1S/C29H19BrClFN4O3/c30-24-15-20(31)14-19(27(24)39-17-26(37)34-22-12-10-21(32)11-13-22)16-33-36-28(18-6-2-1-3-7-18)35-25-9-5-4-8-23(25)29(36)38/h1-16H,17H2,(H,34,37). The zero-order valence-electron chi connectivity index (χ0n) is 20.1. The summed E-state index contributed by atoms with van der Waals surface area (Å²) in [5.74, 6) is -0.208. The number of halogens is 3. The molecule has 0 spiro atoms. The van der Waals surface area contributed by atoms with E-state index in [0.29, 0.717) is 48.8 Å². The molecule has 0 saturated carbocycles. The van der Waals surface area contributed by atoms with Gasteiger partial charge in [0, 0.05) is 21.8 Å². The molecule has 10 heteroatoms. The van der Waals surface area contributed by atoms with Crippen molar-refractivity contribution in [3.8, 4) is 17.1 Å². The molecule has 0 atom stereocenters. The minimum absolute atomic E-state index is 0.292. The maximum absolute atomic E-state index is 13.4. The van der Waals surface area contributed by atoms with Crippen molar-refractivity contribution in [1.29, 1.82) is 0 Å².